The highest BCUT2D eigenvalue weighted by Gasteiger charge is 2.31. The molecule has 1 amide bonds. The lowest BCUT2D eigenvalue weighted by atomic mass is 9.96. The van der Waals surface area contributed by atoms with Crippen LogP contribution in [0.5, 0.6) is 0 Å². The first kappa shape index (κ1) is 23.0. The van der Waals surface area contributed by atoms with Crippen LogP contribution < -0.4 is 20.4 Å². The quantitative estimate of drug-likeness (QED) is 0.528. The number of aliphatic carboxylic acids is 2. The van der Waals surface area contributed by atoms with Crippen molar-refractivity contribution >= 4 is 35.7 Å². The average molecular weight is 462 g/mol. The van der Waals surface area contributed by atoms with Crippen LogP contribution in [0.2, 0.25) is 0 Å². The summed E-state index contributed by atoms with van der Waals surface area (Å²) in [6, 6.07) is 0. The molecule has 1 aromatic heterocycles. The summed E-state index contributed by atoms with van der Waals surface area (Å²) in [5.74, 6) is -1.14. The van der Waals surface area contributed by atoms with Gasteiger partial charge in [-0.15, -0.1) is 0 Å². The Morgan fingerprint density at radius 1 is 0.606 bits per heavy atom. The maximum atomic E-state index is 11.5. The molecule has 4 rings (SSSR count). The molecule has 0 spiro atoms. The standard InChI is InChI=1S/C21H31N7O5/c22-16(29)13-1-7-26(8-2-13)19-23-20(27-9-3-14(4-10-27)17(30)31)25-21(24-19)28-11-5-15(6-12-28)18(32)33/h13-15H,1-12H2,(H2,22,29)(H,30,31)(H,32,33). The van der Waals surface area contributed by atoms with Gasteiger partial charge in [0.25, 0.3) is 0 Å². The van der Waals surface area contributed by atoms with Gasteiger partial charge in [-0.25, -0.2) is 0 Å². The number of primary amides is 1. The number of piperidine rings is 3. The Labute approximate surface area is 191 Å². The van der Waals surface area contributed by atoms with Crippen molar-refractivity contribution in [3.63, 3.8) is 0 Å². The molecule has 12 heteroatoms. The van der Waals surface area contributed by atoms with Crippen molar-refractivity contribution < 1.29 is 24.6 Å². The van der Waals surface area contributed by atoms with Crippen molar-refractivity contribution in [1.29, 1.82) is 0 Å². The largest absolute Gasteiger partial charge is 0.481 e. The van der Waals surface area contributed by atoms with E-state index >= 15 is 0 Å². The number of carboxylic acids is 2. The molecule has 0 unspecified atom stereocenters. The molecule has 12 nitrogen and oxygen atoms in total. The summed E-state index contributed by atoms with van der Waals surface area (Å²) in [4.78, 5) is 54.3. The zero-order chi connectivity index (χ0) is 23.5. The maximum absolute atomic E-state index is 11.5. The van der Waals surface area contributed by atoms with Crippen molar-refractivity contribution in [2.75, 3.05) is 54.0 Å². The zero-order valence-electron chi connectivity index (χ0n) is 18.6. The Morgan fingerprint density at radius 3 is 1.12 bits per heavy atom. The highest BCUT2D eigenvalue weighted by atomic mass is 16.4. The van der Waals surface area contributed by atoms with E-state index in [1.807, 2.05) is 14.7 Å². The van der Waals surface area contributed by atoms with Gasteiger partial charge in [-0.05, 0) is 38.5 Å². The lowest BCUT2D eigenvalue weighted by molar-refractivity contribution is -0.143. The predicted molar refractivity (Wildman–Crippen MR) is 119 cm³/mol. The highest BCUT2D eigenvalue weighted by molar-refractivity contribution is 5.77. The van der Waals surface area contributed by atoms with Crippen molar-refractivity contribution in [2.45, 2.75) is 38.5 Å². The SMILES string of the molecule is NC(=O)C1CCN(c2nc(N3CCC(C(=O)O)CC3)nc(N3CCC(C(=O)O)CC3)n2)CC1. The van der Waals surface area contributed by atoms with E-state index in [1.54, 1.807) is 0 Å². The summed E-state index contributed by atoms with van der Waals surface area (Å²) < 4.78 is 0. The topological polar surface area (TPSA) is 166 Å². The molecule has 0 aromatic carbocycles. The Balaban J connectivity index is 1.55. The number of carbonyl (C=O) groups excluding carboxylic acids is 1. The van der Waals surface area contributed by atoms with Gasteiger partial charge < -0.3 is 30.6 Å². The molecule has 0 saturated carbocycles. The van der Waals surface area contributed by atoms with E-state index in [9.17, 15) is 24.6 Å². The molecular formula is C21H31N7O5. The zero-order valence-corrected chi connectivity index (χ0v) is 18.6. The van der Waals surface area contributed by atoms with Crippen molar-refractivity contribution in [3.05, 3.63) is 0 Å². The van der Waals surface area contributed by atoms with E-state index in [1.165, 1.54) is 0 Å². The van der Waals surface area contributed by atoms with Crippen LogP contribution in [-0.2, 0) is 14.4 Å². The summed E-state index contributed by atoms with van der Waals surface area (Å²) >= 11 is 0. The van der Waals surface area contributed by atoms with Crippen LogP contribution in [0, 0.1) is 17.8 Å². The van der Waals surface area contributed by atoms with Crippen molar-refractivity contribution in [1.82, 2.24) is 15.0 Å². The monoisotopic (exact) mass is 461 g/mol. The van der Waals surface area contributed by atoms with E-state index < -0.39 is 11.9 Å². The van der Waals surface area contributed by atoms with Gasteiger partial charge in [-0.1, -0.05) is 0 Å². The minimum absolute atomic E-state index is 0.146. The fourth-order valence-electron chi connectivity index (χ4n) is 4.78. The Kier molecular flexibility index (Phi) is 6.80. The minimum atomic E-state index is -0.773. The number of carboxylic acid groups (broad SMARTS) is 2. The first-order valence-electron chi connectivity index (χ1n) is 11.6. The molecule has 3 fully saturated rings. The van der Waals surface area contributed by atoms with Gasteiger partial charge in [0.1, 0.15) is 0 Å². The number of nitrogens with zero attached hydrogens (tertiary/aromatic N) is 6. The molecule has 0 radical (unpaired) electrons. The fourth-order valence-corrected chi connectivity index (χ4v) is 4.78. The van der Waals surface area contributed by atoms with Crippen LogP contribution in [0.25, 0.3) is 0 Å². The smallest absolute Gasteiger partial charge is 0.306 e. The normalized spacial score (nSPS) is 21.3. The number of amides is 1. The second-order valence-corrected chi connectivity index (χ2v) is 9.10. The molecular weight excluding hydrogens is 430 g/mol. The summed E-state index contributed by atoms with van der Waals surface area (Å²) in [7, 11) is 0. The first-order valence-corrected chi connectivity index (χ1v) is 11.6. The van der Waals surface area contributed by atoms with Crippen LogP contribution in [0.15, 0.2) is 0 Å². The minimum Gasteiger partial charge on any atom is -0.481 e. The number of hydrogen-bond acceptors (Lipinski definition) is 9. The molecule has 0 atom stereocenters. The second kappa shape index (κ2) is 9.75. The van der Waals surface area contributed by atoms with E-state index in [0.717, 1.165) is 0 Å². The number of hydrogen-bond donors (Lipinski definition) is 3. The number of nitrogens with two attached hydrogens (primary N) is 1. The third-order valence-electron chi connectivity index (χ3n) is 7.03. The summed E-state index contributed by atoms with van der Waals surface area (Å²) in [5, 5.41) is 18.6. The molecule has 3 saturated heterocycles. The highest BCUT2D eigenvalue weighted by Crippen LogP contribution is 2.28. The lowest BCUT2D eigenvalue weighted by Crippen LogP contribution is -2.42. The summed E-state index contributed by atoms with van der Waals surface area (Å²) in [5.41, 5.74) is 5.46. The molecule has 180 valence electrons. The van der Waals surface area contributed by atoms with Crippen LogP contribution >= 0.6 is 0 Å². The third kappa shape index (κ3) is 5.25. The third-order valence-corrected chi connectivity index (χ3v) is 7.03. The van der Waals surface area contributed by atoms with E-state index in [0.29, 0.717) is 95.6 Å². The van der Waals surface area contributed by atoms with Crippen LogP contribution in [0.1, 0.15) is 38.5 Å². The van der Waals surface area contributed by atoms with Gasteiger partial charge in [0.15, 0.2) is 0 Å². The molecule has 0 bridgehead atoms. The van der Waals surface area contributed by atoms with Gasteiger partial charge >= 0.3 is 11.9 Å². The van der Waals surface area contributed by atoms with E-state index in [2.05, 4.69) is 0 Å². The molecule has 0 aliphatic carbocycles. The Bertz CT molecular complexity index is 762. The van der Waals surface area contributed by atoms with Crippen LogP contribution in [0.3, 0.4) is 0 Å². The molecule has 3 aliphatic heterocycles. The van der Waals surface area contributed by atoms with Gasteiger partial charge in [-0.3, -0.25) is 14.4 Å². The van der Waals surface area contributed by atoms with Gasteiger partial charge in [-0.2, -0.15) is 15.0 Å². The number of aromatic nitrogens is 3. The number of carbonyl (C=O) groups is 3. The lowest BCUT2D eigenvalue weighted by Gasteiger charge is -2.35. The van der Waals surface area contributed by atoms with Crippen molar-refractivity contribution in [2.24, 2.45) is 23.5 Å². The van der Waals surface area contributed by atoms with Gasteiger partial charge in [0, 0.05) is 45.2 Å². The van der Waals surface area contributed by atoms with E-state index in [-0.39, 0.29) is 23.7 Å². The maximum Gasteiger partial charge on any atom is 0.306 e. The molecule has 33 heavy (non-hydrogen) atoms. The van der Waals surface area contributed by atoms with Gasteiger partial charge in [0.05, 0.1) is 11.8 Å². The molecule has 1 aromatic rings. The van der Waals surface area contributed by atoms with E-state index in [4.69, 9.17) is 20.7 Å². The average Bonchev–Trinajstić information content (AvgIpc) is 2.84. The van der Waals surface area contributed by atoms with Crippen LogP contribution in [-0.4, -0.2) is 82.3 Å². The van der Waals surface area contributed by atoms with Gasteiger partial charge in [0.2, 0.25) is 23.8 Å². The number of rotatable bonds is 6. The molecule has 4 N–H and O–H groups in total. The fraction of sp³-hybridized carbons (Fsp3) is 0.714. The van der Waals surface area contributed by atoms with Crippen LogP contribution in [0.4, 0.5) is 17.8 Å². The summed E-state index contributed by atoms with van der Waals surface area (Å²) in [6.45, 7) is 3.40. The molecule has 4 heterocycles. The van der Waals surface area contributed by atoms with Crippen molar-refractivity contribution in [3.8, 4) is 0 Å². The molecule has 3 aliphatic rings. The summed E-state index contributed by atoms with van der Waals surface area (Å²) in [6.07, 6.45) is 3.39. The Hall–Kier alpha value is -3.18. The predicted octanol–water partition coefficient (Wildman–Crippen LogP) is 0.175. The Morgan fingerprint density at radius 2 is 0.879 bits per heavy atom. The number of anilines is 3. The second-order valence-electron chi connectivity index (χ2n) is 9.10. The first-order chi connectivity index (χ1) is 15.8.